The third kappa shape index (κ3) is 5.73. The summed E-state index contributed by atoms with van der Waals surface area (Å²) in [5.41, 5.74) is 2.51. The number of likely N-dealkylation sites (tertiary alicyclic amines) is 1. The topological polar surface area (TPSA) is 151 Å². The second-order valence-corrected chi connectivity index (χ2v) is 10.9. The van der Waals surface area contributed by atoms with Crippen LogP contribution in [0.25, 0.3) is 22.5 Å². The van der Waals surface area contributed by atoms with E-state index in [0.29, 0.717) is 30.1 Å². The molecule has 2 N–H and O–H groups in total. The minimum atomic E-state index is -1.01. The van der Waals surface area contributed by atoms with Crippen molar-refractivity contribution in [1.82, 2.24) is 39.6 Å². The van der Waals surface area contributed by atoms with Crippen LogP contribution in [0.3, 0.4) is 0 Å². The van der Waals surface area contributed by atoms with Gasteiger partial charge in [-0.25, -0.2) is 14.6 Å². The third-order valence-corrected chi connectivity index (χ3v) is 6.67. The maximum absolute atomic E-state index is 12.5. The highest BCUT2D eigenvalue weighted by molar-refractivity contribution is 5.78. The van der Waals surface area contributed by atoms with Crippen molar-refractivity contribution < 1.29 is 9.90 Å². The Labute approximate surface area is 226 Å². The highest BCUT2D eigenvalue weighted by Crippen LogP contribution is 2.29. The normalized spacial score (nSPS) is 14.6. The van der Waals surface area contributed by atoms with Crippen LogP contribution < -0.4 is 5.32 Å². The van der Waals surface area contributed by atoms with E-state index in [1.54, 1.807) is 41.7 Å². The van der Waals surface area contributed by atoms with Crippen LogP contribution in [0.1, 0.15) is 64.1 Å². The van der Waals surface area contributed by atoms with Gasteiger partial charge < -0.3 is 15.3 Å². The molecule has 1 aliphatic rings. The Morgan fingerprint density at radius 3 is 2.67 bits per heavy atom. The van der Waals surface area contributed by atoms with Gasteiger partial charge >= 0.3 is 0 Å². The largest absolute Gasteiger partial charge is 0.390 e. The second kappa shape index (κ2) is 10.4. The summed E-state index contributed by atoms with van der Waals surface area (Å²) < 4.78 is 3.37. The van der Waals surface area contributed by atoms with E-state index >= 15 is 0 Å². The zero-order chi connectivity index (χ0) is 27.7. The van der Waals surface area contributed by atoms with Crippen molar-refractivity contribution >= 4 is 22.6 Å². The quantitative estimate of drug-likeness (QED) is 0.369. The Balaban J connectivity index is 1.37. The average molecular weight is 529 g/mol. The molecular formula is C27H32N10O2. The smallest absolute Gasteiger partial charge is 0.225 e. The number of nitrogens with zero attached hydrogens (tertiary/aromatic N) is 9. The fraction of sp³-hybridized carbons (Fsp3) is 0.444. The number of aliphatic hydroxyl groups is 1. The van der Waals surface area contributed by atoms with Gasteiger partial charge in [-0.3, -0.25) is 4.79 Å². The molecular weight excluding hydrogens is 496 g/mol. The summed E-state index contributed by atoms with van der Waals surface area (Å²) >= 11 is 0. The molecule has 1 fully saturated rings. The molecule has 12 nitrogen and oxygen atoms in total. The van der Waals surface area contributed by atoms with Crippen LogP contribution in [0.15, 0.2) is 36.9 Å². The van der Waals surface area contributed by atoms with Gasteiger partial charge in [0, 0.05) is 42.7 Å². The SMILES string of the molecule is CC(C)Nc1cc(-n2ncc3cc(C#N)cnc32)ncc1-n1cc(C2CCN(C(=O)CC(C)(C)O)CC2)nn1. The number of carbonyl (C=O) groups excluding carboxylic acids is 1. The van der Waals surface area contributed by atoms with Gasteiger partial charge in [0.05, 0.1) is 47.6 Å². The lowest BCUT2D eigenvalue weighted by atomic mass is 9.93. The number of rotatable bonds is 7. The number of nitrogens with one attached hydrogen (secondary N) is 1. The van der Waals surface area contributed by atoms with E-state index in [9.17, 15) is 9.90 Å². The molecule has 4 aromatic rings. The van der Waals surface area contributed by atoms with Crippen LogP contribution in [0, 0.1) is 11.3 Å². The minimum absolute atomic E-state index is 0.0224. The van der Waals surface area contributed by atoms with E-state index in [1.807, 2.05) is 17.2 Å². The van der Waals surface area contributed by atoms with Crippen LogP contribution >= 0.6 is 0 Å². The van der Waals surface area contributed by atoms with Crippen LogP contribution in [-0.4, -0.2) is 75.4 Å². The maximum atomic E-state index is 12.5. The molecule has 12 heteroatoms. The number of aromatic nitrogens is 7. The first-order chi connectivity index (χ1) is 18.6. The minimum Gasteiger partial charge on any atom is -0.390 e. The van der Waals surface area contributed by atoms with Crippen LogP contribution in [-0.2, 0) is 4.79 Å². The summed E-state index contributed by atoms with van der Waals surface area (Å²) in [5, 5.41) is 36.7. The molecule has 39 heavy (non-hydrogen) atoms. The van der Waals surface area contributed by atoms with Gasteiger partial charge in [-0.2, -0.15) is 15.0 Å². The molecule has 5 rings (SSSR count). The van der Waals surface area contributed by atoms with Crippen molar-refractivity contribution in [3.63, 3.8) is 0 Å². The molecule has 1 amide bonds. The summed E-state index contributed by atoms with van der Waals surface area (Å²) in [6, 6.07) is 5.90. The average Bonchev–Trinajstić information content (AvgIpc) is 3.55. The van der Waals surface area contributed by atoms with Gasteiger partial charge in [0.25, 0.3) is 0 Å². The summed E-state index contributed by atoms with van der Waals surface area (Å²) in [5.74, 6) is 0.752. The molecule has 0 radical (unpaired) electrons. The molecule has 5 heterocycles. The summed E-state index contributed by atoms with van der Waals surface area (Å²) in [6.07, 6.45) is 8.54. The number of hydrogen-bond acceptors (Lipinski definition) is 9. The Bertz CT molecular complexity index is 1530. The van der Waals surface area contributed by atoms with Crippen molar-refractivity contribution in [2.45, 2.75) is 64.5 Å². The first-order valence-corrected chi connectivity index (χ1v) is 13.0. The van der Waals surface area contributed by atoms with Crippen LogP contribution in [0.2, 0.25) is 0 Å². The predicted octanol–water partition coefficient (Wildman–Crippen LogP) is 2.96. The number of nitriles is 1. The second-order valence-electron chi connectivity index (χ2n) is 10.9. The molecule has 4 aromatic heterocycles. The lowest BCUT2D eigenvalue weighted by Crippen LogP contribution is -2.41. The van der Waals surface area contributed by atoms with Crippen molar-refractivity contribution in [2.24, 2.45) is 0 Å². The van der Waals surface area contributed by atoms with E-state index in [1.165, 1.54) is 6.20 Å². The Morgan fingerprint density at radius 1 is 1.21 bits per heavy atom. The number of hydrogen-bond donors (Lipinski definition) is 2. The van der Waals surface area contributed by atoms with Gasteiger partial charge in [0.2, 0.25) is 5.91 Å². The predicted molar refractivity (Wildman–Crippen MR) is 145 cm³/mol. The van der Waals surface area contributed by atoms with E-state index in [-0.39, 0.29) is 24.3 Å². The first-order valence-electron chi connectivity index (χ1n) is 13.0. The highest BCUT2D eigenvalue weighted by Gasteiger charge is 2.28. The number of carbonyl (C=O) groups is 1. The van der Waals surface area contributed by atoms with Crippen molar-refractivity contribution in [1.29, 1.82) is 5.26 Å². The Morgan fingerprint density at radius 2 is 1.97 bits per heavy atom. The monoisotopic (exact) mass is 528 g/mol. The molecule has 0 spiro atoms. The van der Waals surface area contributed by atoms with E-state index in [0.717, 1.165) is 35.3 Å². The highest BCUT2D eigenvalue weighted by atomic mass is 16.3. The molecule has 1 saturated heterocycles. The lowest BCUT2D eigenvalue weighted by Gasteiger charge is -2.32. The first kappa shape index (κ1) is 26.2. The van der Waals surface area contributed by atoms with Gasteiger partial charge in [-0.1, -0.05) is 5.21 Å². The summed E-state index contributed by atoms with van der Waals surface area (Å²) in [7, 11) is 0. The number of fused-ring (bicyclic) bond motifs is 1. The fourth-order valence-corrected chi connectivity index (χ4v) is 4.80. The number of pyridine rings is 2. The van der Waals surface area contributed by atoms with E-state index in [2.05, 4.69) is 50.6 Å². The molecule has 0 saturated carbocycles. The number of piperidine rings is 1. The zero-order valence-corrected chi connectivity index (χ0v) is 22.5. The third-order valence-electron chi connectivity index (χ3n) is 6.67. The number of amides is 1. The van der Waals surface area contributed by atoms with Gasteiger partial charge in [-0.15, -0.1) is 5.10 Å². The molecule has 0 unspecified atom stereocenters. The lowest BCUT2D eigenvalue weighted by molar-refractivity contribution is -0.136. The molecule has 0 aromatic carbocycles. The number of anilines is 1. The zero-order valence-electron chi connectivity index (χ0n) is 22.5. The van der Waals surface area contributed by atoms with Gasteiger partial charge in [-0.05, 0) is 46.6 Å². The maximum Gasteiger partial charge on any atom is 0.225 e. The van der Waals surface area contributed by atoms with Crippen LogP contribution in [0.5, 0.6) is 0 Å². The Kier molecular flexibility index (Phi) is 7.01. The molecule has 1 aliphatic heterocycles. The van der Waals surface area contributed by atoms with Crippen molar-refractivity contribution in [3.05, 3.63) is 48.2 Å². The summed E-state index contributed by atoms with van der Waals surface area (Å²) in [6.45, 7) is 8.67. The van der Waals surface area contributed by atoms with Crippen molar-refractivity contribution in [2.75, 3.05) is 18.4 Å². The van der Waals surface area contributed by atoms with Gasteiger partial charge in [0.15, 0.2) is 11.5 Å². The summed E-state index contributed by atoms with van der Waals surface area (Å²) in [4.78, 5) is 23.3. The standard InChI is InChI=1S/C27H32N10O2/c1-17(2)32-21-10-24(37-26-20(14-31-37)9-18(12-28)13-30-26)29-15-23(21)36-16-22(33-34-36)19-5-7-35(8-6-19)25(38)11-27(3,4)39/h9-10,13-17,19,39H,5-8,11H2,1-4H3,(H,29,32). The van der Waals surface area contributed by atoms with E-state index < -0.39 is 5.60 Å². The van der Waals surface area contributed by atoms with E-state index in [4.69, 9.17) is 5.26 Å². The van der Waals surface area contributed by atoms with Crippen molar-refractivity contribution in [3.8, 4) is 17.6 Å². The molecule has 202 valence electrons. The molecule has 0 aliphatic carbocycles. The van der Waals surface area contributed by atoms with Crippen LogP contribution in [0.4, 0.5) is 5.69 Å². The van der Waals surface area contributed by atoms with Gasteiger partial charge in [0.1, 0.15) is 11.8 Å². The fourth-order valence-electron chi connectivity index (χ4n) is 4.80. The molecule has 0 bridgehead atoms. The molecule has 0 atom stereocenters. The Hall–Kier alpha value is -4.37.